The maximum atomic E-state index is 11.6. The van der Waals surface area contributed by atoms with Gasteiger partial charge in [0, 0.05) is 25.3 Å². The van der Waals surface area contributed by atoms with E-state index in [9.17, 15) is 13.2 Å². The minimum Gasteiger partial charge on any atom is -0.352 e. The van der Waals surface area contributed by atoms with Crippen LogP contribution in [-0.2, 0) is 14.6 Å². The van der Waals surface area contributed by atoms with E-state index in [-0.39, 0.29) is 24.1 Å². The van der Waals surface area contributed by atoms with Crippen LogP contribution in [0.1, 0.15) is 26.2 Å². The van der Waals surface area contributed by atoms with Crippen LogP contribution in [0.2, 0.25) is 0 Å². The lowest BCUT2D eigenvalue weighted by molar-refractivity contribution is -0.122. The number of nitrogens with one attached hydrogen (secondary N) is 2. The van der Waals surface area contributed by atoms with Crippen molar-refractivity contribution in [3.63, 3.8) is 0 Å². The van der Waals surface area contributed by atoms with Gasteiger partial charge in [-0.25, -0.2) is 8.42 Å². The minimum absolute atomic E-state index is 0.0470. The highest BCUT2D eigenvalue weighted by Crippen LogP contribution is 2.11. The van der Waals surface area contributed by atoms with E-state index in [1.54, 1.807) is 0 Å². The zero-order valence-corrected chi connectivity index (χ0v) is 11.3. The van der Waals surface area contributed by atoms with Crippen molar-refractivity contribution in [1.29, 1.82) is 0 Å². The molecule has 1 heterocycles. The molecule has 1 aliphatic heterocycles. The lowest BCUT2D eigenvalue weighted by Crippen LogP contribution is -2.50. The molecule has 0 aromatic heterocycles. The largest absolute Gasteiger partial charge is 0.352 e. The van der Waals surface area contributed by atoms with Gasteiger partial charge in [-0.05, 0) is 25.3 Å². The molecular formula is C11H22N2O3S. The molecule has 0 radical (unpaired) electrons. The van der Waals surface area contributed by atoms with Crippen LogP contribution in [-0.4, -0.2) is 45.5 Å². The van der Waals surface area contributed by atoms with Gasteiger partial charge in [-0.3, -0.25) is 4.79 Å². The fourth-order valence-electron chi connectivity index (χ4n) is 1.96. The van der Waals surface area contributed by atoms with Gasteiger partial charge in [-0.15, -0.1) is 0 Å². The van der Waals surface area contributed by atoms with Crippen molar-refractivity contribution in [2.45, 2.75) is 32.2 Å². The van der Waals surface area contributed by atoms with E-state index in [0.717, 1.165) is 19.5 Å². The monoisotopic (exact) mass is 262 g/mol. The molecule has 1 fully saturated rings. The quantitative estimate of drug-likeness (QED) is 0.727. The van der Waals surface area contributed by atoms with Crippen molar-refractivity contribution in [3.8, 4) is 0 Å². The summed E-state index contributed by atoms with van der Waals surface area (Å²) in [6.07, 6.45) is 2.95. The zero-order valence-electron chi connectivity index (χ0n) is 10.5. The van der Waals surface area contributed by atoms with E-state index in [4.69, 9.17) is 0 Å². The third-order valence-electron chi connectivity index (χ3n) is 3.09. The maximum absolute atomic E-state index is 11.6. The van der Waals surface area contributed by atoms with Gasteiger partial charge in [0.05, 0.1) is 5.75 Å². The van der Waals surface area contributed by atoms with Gasteiger partial charge in [0.25, 0.3) is 0 Å². The van der Waals surface area contributed by atoms with E-state index in [1.807, 2.05) is 0 Å². The van der Waals surface area contributed by atoms with Crippen molar-refractivity contribution >= 4 is 15.7 Å². The van der Waals surface area contributed by atoms with Crippen LogP contribution in [0.25, 0.3) is 0 Å². The third kappa shape index (κ3) is 6.02. The summed E-state index contributed by atoms with van der Waals surface area (Å²) in [6.45, 7) is 3.93. The normalized spacial score (nSPS) is 25.5. The number of rotatable bonds is 5. The average molecular weight is 262 g/mol. The van der Waals surface area contributed by atoms with Crippen LogP contribution in [0.3, 0.4) is 0 Å². The van der Waals surface area contributed by atoms with Crippen LogP contribution in [0, 0.1) is 5.92 Å². The summed E-state index contributed by atoms with van der Waals surface area (Å²) in [4.78, 5) is 11.6. The average Bonchev–Trinajstić information content (AvgIpc) is 2.19. The molecule has 6 heteroatoms. The summed E-state index contributed by atoms with van der Waals surface area (Å²) in [5, 5.41) is 6.20. The van der Waals surface area contributed by atoms with E-state index < -0.39 is 9.84 Å². The first-order chi connectivity index (χ1) is 7.88. The molecule has 5 nitrogen and oxygen atoms in total. The second kappa shape index (κ2) is 6.35. The van der Waals surface area contributed by atoms with Gasteiger partial charge in [0.1, 0.15) is 9.84 Å². The molecule has 2 atom stereocenters. The fourth-order valence-corrected chi connectivity index (χ4v) is 2.63. The Morgan fingerprint density at radius 3 is 2.76 bits per heavy atom. The Balaban J connectivity index is 2.24. The molecule has 2 unspecified atom stereocenters. The molecule has 2 N–H and O–H groups in total. The molecule has 0 aromatic carbocycles. The first-order valence-corrected chi connectivity index (χ1v) is 8.12. The summed E-state index contributed by atoms with van der Waals surface area (Å²) >= 11 is 0. The third-order valence-corrected chi connectivity index (χ3v) is 4.12. The van der Waals surface area contributed by atoms with E-state index >= 15 is 0 Å². The van der Waals surface area contributed by atoms with Crippen molar-refractivity contribution in [3.05, 3.63) is 0 Å². The van der Waals surface area contributed by atoms with Crippen molar-refractivity contribution in [2.75, 3.05) is 25.1 Å². The lowest BCUT2D eigenvalue weighted by atomic mass is 9.95. The van der Waals surface area contributed by atoms with Crippen LogP contribution >= 0.6 is 0 Å². The highest BCUT2D eigenvalue weighted by atomic mass is 32.2. The number of sulfone groups is 1. The predicted octanol–water partition coefficient (Wildman–Crippen LogP) is -0.0746. The van der Waals surface area contributed by atoms with E-state index in [2.05, 4.69) is 17.6 Å². The Morgan fingerprint density at radius 1 is 1.47 bits per heavy atom. The topological polar surface area (TPSA) is 75.3 Å². The standard InChI is InChI=1S/C11H22N2O3S/c1-9-5-6-12-8-10(9)13-11(14)4-3-7-17(2,15)16/h9-10,12H,3-8H2,1-2H3,(H,13,14). The highest BCUT2D eigenvalue weighted by Gasteiger charge is 2.22. The van der Waals surface area contributed by atoms with Crippen LogP contribution < -0.4 is 10.6 Å². The predicted molar refractivity (Wildman–Crippen MR) is 67.5 cm³/mol. The molecule has 1 saturated heterocycles. The second-order valence-corrected chi connectivity index (χ2v) is 7.14. The number of hydrogen-bond donors (Lipinski definition) is 2. The van der Waals surface area contributed by atoms with Gasteiger partial charge >= 0.3 is 0 Å². The van der Waals surface area contributed by atoms with Crippen molar-refractivity contribution < 1.29 is 13.2 Å². The molecule has 17 heavy (non-hydrogen) atoms. The Morgan fingerprint density at radius 2 is 2.18 bits per heavy atom. The van der Waals surface area contributed by atoms with Crippen molar-refractivity contribution in [2.24, 2.45) is 5.92 Å². The molecule has 1 aliphatic rings. The molecule has 1 amide bonds. The van der Waals surface area contributed by atoms with Crippen LogP contribution in [0.4, 0.5) is 0 Å². The molecule has 1 rings (SSSR count). The first-order valence-electron chi connectivity index (χ1n) is 6.06. The summed E-state index contributed by atoms with van der Waals surface area (Å²) in [6, 6.07) is 0.175. The summed E-state index contributed by atoms with van der Waals surface area (Å²) < 4.78 is 21.8. The zero-order chi connectivity index (χ0) is 12.9. The van der Waals surface area contributed by atoms with Crippen LogP contribution in [0.5, 0.6) is 0 Å². The Labute approximate surface area is 103 Å². The number of carbonyl (C=O) groups is 1. The van der Waals surface area contributed by atoms with Crippen LogP contribution in [0.15, 0.2) is 0 Å². The molecule has 0 aromatic rings. The maximum Gasteiger partial charge on any atom is 0.220 e. The van der Waals surface area contributed by atoms with Crippen molar-refractivity contribution in [1.82, 2.24) is 10.6 Å². The number of amides is 1. The van der Waals surface area contributed by atoms with Gasteiger partial charge in [-0.2, -0.15) is 0 Å². The molecule has 0 saturated carbocycles. The minimum atomic E-state index is -2.96. The van der Waals surface area contributed by atoms with Gasteiger partial charge < -0.3 is 10.6 Å². The molecule has 0 aliphatic carbocycles. The second-order valence-electron chi connectivity index (χ2n) is 4.88. The molecular weight excluding hydrogens is 240 g/mol. The van der Waals surface area contributed by atoms with Gasteiger partial charge in [0.2, 0.25) is 5.91 Å². The number of piperidine rings is 1. The highest BCUT2D eigenvalue weighted by molar-refractivity contribution is 7.90. The molecule has 0 bridgehead atoms. The summed E-state index contributed by atoms with van der Waals surface area (Å²) in [5.74, 6) is 0.517. The van der Waals surface area contributed by atoms with Gasteiger partial charge in [0.15, 0.2) is 0 Å². The van der Waals surface area contributed by atoms with E-state index in [1.165, 1.54) is 6.26 Å². The first kappa shape index (κ1) is 14.4. The Hall–Kier alpha value is -0.620. The lowest BCUT2D eigenvalue weighted by Gasteiger charge is -2.30. The summed E-state index contributed by atoms with van der Waals surface area (Å²) in [5.41, 5.74) is 0. The number of hydrogen-bond acceptors (Lipinski definition) is 4. The summed E-state index contributed by atoms with van der Waals surface area (Å²) in [7, 11) is -2.96. The Bertz CT molecular complexity index is 354. The fraction of sp³-hybridized carbons (Fsp3) is 0.909. The SMILES string of the molecule is CC1CCNCC1NC(=O)CCCS(C)(=O)=O. The van der Waals surface area contributed by atoms with E-state index in [0.29, 0.717) is 12.3 Å². The molecule has 0 spiro atoms. The Kier molecular flexibility index (Phi) is 5.39. The molecule has 100 valence electrons. The van der Waals surface area contributed by atoms with Gasteiger partial charge in [-0.1, -0.05) is 6.92 Å². The smallest absolute Gasteiger partial charge is 0.220 e. The number of carbonyl (C=O) groups excluding carboxylic acids is 1.